The molecule has 2 amide bonds. The fourth-order valence-electron chi connectivity index (χ4n) is 1.89. The Hall–Kier alpha value is -2.32. The zero-order valence-electron chi connectivity index (χ0n) is 14.5. The molecule has 1 aliphatic rings. The molecule has 0 radical (unpaired) electrons. The molecule has 140 valence electrons. The molecule has 0 aromatic heterocycles. The fourth-order valence-corrected chi connectivity index (χ4v) is 2.19. The molecule has 0 saturated carbocycles. The lowest BCUT2D eigenvalue weighted by molar-refractivity contribution is -0.116. The highest BCUT2D eigenvalue weighted by molar-refractivity contribution is 6.42. The highest BCUT2D eigenvalue weighted by Gasteiger charge is 2.20. The molecule has 2 N–H and O–H groups in total. The number of ether oxygens (including phenoxy) is 1. The minimum Gasteiger partial charge on any atom is -0.449 e. The van der Waals surface area contributed by atoms with Crippen molar-refractivity contribution in [3.8, 4) is 0 Å². The van der Waals surface area contributed by atoms with Crippen LogP contribution in [0.25, 0.3) is 0 Å². The normalized spacial score (nSPS) is 14.5. The van der Waals surface area contributed by atoms with Crippen LogP contribution in [0, 0.1) is 5.92 Å². The van der Waals surface area contributed by atoms with Crippen molar-refractivity contribution in [3.05, 3.63) is 28.2 Å². The number of aliphatic imine (C=N–C) groups is 2. The Bertz CT molecular complexity index is 764. The highest BCUT2D eigenvalue weighted by atomic mass is 35.5. The second-order valence-electron chi connectivity index (χ2n) is 5.99. The predicted molar refractivity (Wildman–Crippen MR) is 102 cm³/mol. The first-order chi connectivity index (χ1) is 12.2. The van der Waals surface area contributed by atoms with E-state index in [1.807, 2.05) is 13.8 Å². The van der Waals surface area contributed by atoms with Gasteiger partial charge in [-0.05, 0) is 24.1 Å². The molecule has 0 atom stereocenters. The number of alkyl carbamates (subject to hydrolysis) is 1. The van der Waals surface area contributed by atoms with E-state index in [1.165, 1.54) is 0 Å². The van der Waals surface area contributed by atoms with Crippen LogP contribution in [0.4, 0.5) is 10.5 Å². The zero-order valence-corrected chi connectivity index (χ0v) is 16.1. The Kier molecular flexibility index (Phi) is 6.82. The lowest BCUT2D eigenvalue weighted by atomic mass is 10.2. The predicted octanol–water partition coefficient (Wildman–Crippen LogP) is 2.97. The molecule has 0 saturated heterocycles. The minimum absolute atomic E-state index is 0.0393. The highest BCUT2D eigenvalue weighted by Crippen LogP contribution is 2.25. The van der Waals surface area contributed by atoms with Gasteiger partial charge in [-0.2, -0.15) is 9.98 Å². The van der Waals surface area contributed by atoms with Gasteiger partial charge in [0.1, 0.15) is 6.54 Å². The average Bonchev–Trinajstić information content (AvgIpc) is 2.86. The van der Waals surface area contributed by atoms with Crippen LogP contribution in [-0.2, 0) is 9.53 Å². The number of nitrogens with one attached hydrogen (secondary N) is 2. The third kappa shape index (κ3) is 5.89. The maximum absolute atomic E-state index is 12.0. The number of halogens is 2. The third-order valence-corrected chi connectivity index (χ3v) is 3.84. The molecule has 1 heterocycles. The summed E-state index contributed by atoms with van der Waals surface area (Å²) >= 11 is 11.9. The van der Waals surface area contributed by atoms with Gasteiger partial charge >= 0.3 is 6.09 Å². The van der Waals surface area contributed by atoms with Crippen LogP contribution in [0.15, 0.2) is 28.2 Å². The smallest absolute Gasteiger partial charge is 0.413 e. The second kappa shape index (κ2) is 8.86. The van der Waals surface area contributed by atoms with Gasteiger partial charge in [0.25, 0.3) is 5.91 Å². The summed E-state index contributed by atoms with van der Waals surface area (Å²) in [5.74, 6) is 0.0776. The monoisotopic (exact) mass is 399 g/mol. The molecule has 1 aliphatic heterocycles. The van der Waals surface area contributed by atoms with E-state index < -0.39 is 6.09 Å². The van der Waals surface area contributed by atoms with Crippen molar-refractivity contribution in [2.24, 2.45) is 15.9 Å². The topological polar surface area (TPSA) is 95.4 Å². The summed E-state index contributed by atoms with van der Waals surface area (Å²) in [6.07, 6.45) is -0.683. The lowest BCUT2D eigenvalue weighted by Crippen LogP contribution is -2.38. The summed E-state index contributed by atoms with van der Waals surface area (Å²) in [7, 11) is 1.67. The standard InChI is InChI=1S/C16H19Cl2N5O3/c1-9(2)8-26-16(25)22-14(21-15-20-13(24)7-23(15)3)19-10-4-5-11(17)12(18)6-10/h4-6,9H,7-8H2,1-3H3,(H2,19,20,21,22,24,25). The molecule has 1 aromatic carbocycles. The van der Waals surface area contributed by atoms with Gasteiger partial charge in [-0.1, -0.05) is 37.0 Å². The first-order valence-electron chi connectivity index (χ1n) is 7.82. The van der Waals surface area contributed by atoms with Crippen LogP contribution in [0.2, 0.25) is 10.0 Å². The van der Waals surface area contributed by atoms with Crippen molar-refractivity contribution in [2.75, 3.05) is 25.5 Å². The number of benzene rings is 1. The van der Waals surface area contributed by atoms with Crippen molar-refractivity contribution in [3.63, 3.8) is 0 Å². The molecule has 10 heteroatoms. The summed E-state index contributed by atoms with van der Waals surface area (Å²) in [5, 5.41) is 6.14. The van der Waals surface area contributed by atoms with E-state index in [0.29, 0.717) is 15.7 Å². The molecule has 0 fully saturated rings. The number of guanidine groups is 2. The summed E-state index contributed by atoms with van der Waals surface area (Å²) in [4.78, 5) is 32.9. The van der Waals surface area contributed by atoms with E-state index >= 15 is 0 Å². The quantitative estimate of drug-likeness (QED) is 0.601. The van der Waals surface area contributed by atoms with Crippen LogP contribution >= 0.6 is 23.2 Å². The molecule has 26 heavy (non-hydrogen) atoms. The third-order valence-electron chi connectivity index (χ3n) is 3.10. The molecule has 8 nitrogen and oxygen atoms in total. The number of carbonyl (C=O) groups is 2. The van der Waals surface area contributed by atoms with E-state index in [4.69, 9.17) is 27.9 Å². The van der Waals surface area contributed by atoms with Gasteiger partial charge in [-0.3, -0.25) is 10.1 Å². The van der Waals surface area contributed by atoms with Crippen LogP contribution < -0.4 is 10.6 Å². The van der Waals surface area contributed by atoms with Crippen molar-refractivity contribution in [1.29, 1.82) is 0 Å². The Morgan fingerprint density at radius 3 is 2.69 bits per heavy atom. The zero-order chi connectivity index (χ0) is 19.3. The number of hydrogen-bond acceptors (Lipinski definition) is 5. The van der Waals surface area contributed by atoms with E-state index in [0.717, 1.165) is 0 Å². The first kappa shape index (κ1) is 20.0. The lowest BCUT2D eigenvalue weighted by Gasteiger charge is -2.15. The van der Waals surface area contributed by atoms with Crippen LogP contribution in [0.3, 0.4) is 0 Å². The maximum Gasteiger partial charge on any atom is 0.413 e. The van der Waals surface area contributed by atoms with Crippen molar-refractivity contribution < 1.29 is 14.3 Å². The Morgan fingerprint density at radius 2 is 2.12 bits per heavy atom. The van der Waals surface area contributed by atoms with Gasteiger partial charge in [0.15, 0.2) is 0 Å². The first-order valence-corrected chi connectivity index (χ1v) is 8.57. The number of nitrogens with zero attached hydrogens (tertiary/aromatic N) is 3. The SMILES string of the molecule is CC(C)COC(=O)N/C(=N\C1=NC(=O)CN1C)Nc1ccc(Cl)c(Cl)c1. The summed E-state index contributed by atoms with van der Waals surface area (Å²) < 4.78 is 5.09. The van der Waals surface area contributed by atoms with Crippen molar-refractivity contribution in [2.45, 2.75) is 13.8 Å². The molecular formula is C16H19Cl2N5O3. The van der Waals surface area contributed by atoms with Crippen LogP contribution in [0.5, 0.6) is 0 Å². The number of anilines is 1. The van der Waals surface area contributed by atoms with E-state index in [2.05, 4.69) is 20.6 Å². The van der Waals surface area contributed by atoms with E-state index in [9.17, 15) is 9.59 Å². The number of carbonyl (C=O) groups excluding carboxylic acids is 2. The largest absolute Gasteiger partial charge is 0.449 e. The number of likely N-dealkylation sites (N-methyl/N-ethyl adjacent to an activating group) is 1. The van der Waals surface area contributed by atoms with Crippen molar-refractivity contribution in [1.82, 2.24) is 10.2 Å². The van der Waals surface area contributed by atoms with Gasteiger partial charge in [-0.25, -0.2) is 4.79 Å². The van der Waals surface area contributed by atoms with Crippen LogP contribution in [0.1, 0.15) is 13.8 Å². The Balaban J connectivity index is 2.20. The van der Waals surface area contributed by atoms with E-state index in [-0.39, 0.29) is 36.9 Å². The average molecular weight is 400 g/mol. The molecule has 0 bridgehead atoms. The number of amides is 2. The summed E-state index contributed by atoms with van der Waals surface area (Å²) in [6.45, 7) is 4.22. The second-order valence-corrected chi connectivity index (χ2v) is 6.81. The fraction of sp³-hybridized carbons (Fsp3) is 0.375. The van der Waals surface area contributed by atoms with Gasteiger partial charge in [0.2, 0.25) is 11.9 Å². The molecule has 2 rings (SSSR count). The number of hydrogen-bond donors (Lipinski definition) is 2. The van der Waals surface area contributed by atoms with Gasteiger partial charge < -0.3 is 15.0 Å². The minimum atomic E-state index is -0.683. The molecular weight excluding hydrogens is 381 g/mol. The summed E-state index contributed by atoms with van der Waals surface area (Å²) in [6, 6.07) is 4.84. The maximum atomic E-state index is 12.0. The Morgan fingerprint density at radius 1 is 1.38 bits per heavy atom. The number of rotatable bonds is 3. The molecule has 0 unspecified atom stereocenters. The Labute approximate surface area is 161 Å². The molecule has 1 aromatic rings. The van der Waals surface area contributed by atoms with Crippen molar-refractivity contribution >= 4 is 52.8 Å². The van der Waals surface area contributed by atoms with Gasteiger partial charge in [-0.15, -0.1) is 0 Å². The van der Waals surface area contributed by atoms with Crippen LogP contribution in [-0.4, -0.2) is 49.0 Å². The molecule has 0 spiro atoms. The van der Waals surface area contributed by atoms with Gasteiger partial charge in [0, 0.05) is 12.7 Å². The van der Waals surface area contributed by atoms with Gasteiger partial charge in [0.05, 0.1) is 16.7 Å². The summed E-state index contributed by atoms with van der Waals surface area (Å²) in [5.41, 5.74) is 0.537. The van der Waals surface area contributed by atoms with E-state index in [1.54, 1.807) is 30.1 Å². The molecule has 0 aliphatic carbocycles.